The largest absolute Gasteiger partial charge is 0.480 e. The molecule has 0 unspecified atom stereocenters. The van der Waals surface area contributed by atoms with Gasteiger partial charge in [-0.3, -0.25) is 4.79 Å². The van der Waals surface area contributed by atoms with Crippen LogP contribution in [-0.2, 0) is 17.6 Å². The Morgan fingerprint density at radius 2 is 1.54 bits per heavy atom. The van der Waals surface area contributed by atoms with Gasteiger partial charge in [0.2, 0.25) is 0 Å². The number of carbonyl (C=O) groups is 1. The highest BCUT2D eigenvalue weighted by molar-refractivity contribution is 5.73. The van der Waals surface area contributed by atoms with Crippen molar-refractivity contribution in [1.29, 1.82) is 0 Å². The van der Waals surface area contributed by atoms with E-state index in [0.29, 0.717) is 0 Å². The van der Waals surface area contributed by atoms with Crippen LogP contribution >= 0.6 is 0 Å². The first-order chi connectivity index (χ1) is 12.3. The fraction of sp³-hybridized carbons (Fsp3) is 0.211. The van der Waals surface area contributed by atoms with Gasteiger partial charge in [-0.05, 0) is 18.4 Å². The number of aliphatic carboxylic acids is 1. The summed E-state index contributed by atoms with van der Waals surface area (Å²) in [6, 6.07) is 7.48. The summed E-state index contributed by atoms with van der Waals surface area (Å²) in [6.07, 6.45) is 2.42. The molecule has 0 spiro atoms. The van der Waals surface area contributed by atoms with Crippen molar-refractivity contribution < 1.29 is 27.5 Å². The van der Waals surface area contributed by atoms with E-state index in [9.17, 15) is 22.4 Å². The first kappa shape index (κ1) is 19.7. The van der Waals surface area contributed by atoms with E-state index in [1.807, 2.05) is 30.3 Å². The SMILES string of the molecule is N[C@@H](Cc1c(F)c(F)c(CC/C=C\c2ccccc2)c(F)c1F)C(=O)O. The molecule has 0 amide bonds. The van der Waals surface area contributed by atoms with Crippen molar-refractivity contribution in [2.24, 2.45) is 5.73 Å². The summed E-state index contributed by atoms with van der Waals surface area (Å²) in [5.41, 5.74) is 4.35. The van der Waals surface area contributed by atoms with E-state index in [0.717, 1.165) is 5.56 Å². The van der Waals surface area contributed by atoms with Crippen molar-refractivity contribution in [3.05, 3.63) is 76.4 Å². The molecule has 0 heterocycles. The molecule has 7 heteroatoms. The van der Waals surface area contributed by atoms with Crippen molar-refractivity contribution in [3.63, 3.8) is 0 Å². The third kappa shape index (κ3) is 4.49. The van der Waals surface area contributed by atoms with Gasteiger partial charge in [0, 0.05) is 17.5 Å². The highest BCUT2D eigenvalue weighted by Crippen LogP contribution is 2.26. The Bertz CT molecular complexity index is 793. The molecular formula is C19H17F4NO2. The minimum Gasteiger partial charge on any atom is -0.480 e. The molecule has 0 saturated carbocycles. The molecule has 2 aromatic rings. The molecule has 2 rings (SSSR count). The second kappa shape index (κ2) is 8.62. The summed E-state index contributed by atoms with van der Waals surface area (Å²) in [4.78, 5) is 10.7. The monoisotopic (exact) mass is 367 g/mol. The maximum absolute atomic E-state index is 14.1. The van der Waals surface area contributed by atoms with Crippen LogP contribution in [0.5, 0.6) is 0 Å². The average molecular weight is 367 g/mol. The van der Waals surface area contributed by atoms with Gasteiger partial charge in [-0.2, -0.15) is 0 Å². The van der Waals surface area contributed by atoms with Gasteiger partial charge in [0.15, 0.2) is 23.3 Å². The number of carboxylic acid groups (broad SMARTS) is 1. The lowest BCUT2D eigenvalue weighted by molar-refractivity contribution is -0.138. The van der Waals surface area contributed by atoms with Crippen LogP contribution in [0.4, 0.5) is 17.6 Å². The Labute approximate surface area is 147 Å². The van der Waals surface area contributed by atoms with Gasteiger partial charge in [0.05, 0.1) is 0 Å². The molecule has 0 bridgehead atoms. The van der Waals surface area contributed by atoms with Crippen molar-refractivity contribution >= 4 is 12.0 Å². The smallest absolute Gasteiger partial charge is 0.320 e. The quantitative estimate of drug-likeness (QED) is 0.577. The summed E-state index contributed by atoms with van der Waals surface area (Å²) >= 11 is 0. The number of halogens is 4. The molecule has 3 nitrogen and oxygen atoms in total. The average Bonchev–Trinajstić information content (AvgIpc) is 2.63. The van der Waals surface area contributed by atoms with Crippen LogP contribution in [0.2, 0.25) is 0 Å². The molecule has 0 radical (unpaired) electrons. The van der Waals surface area contributed by atoms with E-state index in [1.165, 1.54) is 0 Å². The van der Waals surface area contributed by atoms with E-state index in [2.05, 4.69) is 0 Å². The Morgan fingerprint density at radius 3 is 2.08 bits per heavy atom. The van der Waals surface area contributed by atoms with Crippen LogP contribution in [0.15, 0.2) is 36.4 Å². The van der Waals surface area contributed by atoms with Gasteiger partial charge < -0.3 is 10.8 Å². The predicted octanol–water partition coefficient (Wildman–Crippen LogP) is 3.84. The molecule has 0 aliphatic rings. The summed E-state index contributed by atoms with van der Waals surface area (Å²) < 4.78 is 56.3. The lowest BCUT2D eigenvalue weighted by atomic mass is 9.99. The highest BCUT2D eigenvalue weighted by atomic mass is 19.2. The lowest BCUT2D eigenvalue weighted by Crippen LogP contribution is -2.33. The first-order valence-electron chi connectivity index (χ1n) is 7.86. The number of hydrogen-bond acceptors (Lipinski definition) is 2. The summed E-state index contributed by atoms with van der Waals surface area (Å²) in [7, 11) is 0. The van der Waals surface area contributed by atoms with Crippen molar-refractivity contribution in [3.8, 4) is 0 Å². The fourth-order valence-electron chi connectivity index (χ4n) is 2.44. The van der Waals surface area contributed by atoms with Crippen LogP contribution in [0.3, 0.4) is 0 Å². The first-order valence-corrected chi connectivity index (χ1v) is 7.86. The second-order valence-electron chi connectivity index (χ2n) is 5.71. The fourth-order valence-corrected chi connectivity index (χ4v) is 2.44. The van der Waals surface area contributed by atoms with Gasteiger partial charge in [-0.1, -0.05) is 42.5 Å². The Morgan fingerprint density at radius 1 is 1.00 bits per heavy atom. The highest BCUT2D eigenvalue weighted by Gasteiger charge is 2.27. The molecule has 0 aromatic heterocycles. The van der Waals surface area contributed by atoms with Crippen molar-refractivity contribution in [1.82, 2.24) is 0 Å². The van der Waals surface area contributed by atoms with Gasteiger partial charge in [0.1, 0.15) is 6.04 Å². The molecule has 1 atom stereocenters. The van der Waals surface area contributed by atoms with E-state index in [-0.39, 0.29) is 12.8 Å². The lowest BCUT2D eigenvalue weighted by Gasteiger charge is -2.13. The molecule has 0 fully saturated rings. The minimum atomic E-state index is -1.67. The van der Waals surface area contributed by atoms with Crippen molar-refractivity contribution in [2.45, 2.75) is 25.3 Å². The van der Waals surface area contributed by atoms with Crippen LogP contribution in [-0.4, -0.2) is 17.1 Å². The standard InChI is InChI=1S/C19H17F4NO2/c20-15-12(9-5-4-8-11-6-2-1-3-7-11)16(21)18(23)13(17(15)22)10-14(24)19(25)26/h1-4,6-8,14H,5,9-10,24H2,(H,25,26)/b8-4-/t14-/m0/s1. The van der Waals surface area contributed by atoms with Gasteiger partial charge in [-0.25, -0.2) is 17.6 Å². The van der Waals surface area contributed by atoms with Crippen molar-refractivity contribution in [2.75, 3.05) is 0 Å². The van der Waals surface area contributed by atoms with E-state index in [4.69, 9.17) is 10.8 Å². The normalized spacial score (nSPS) is 12.5. The van der Waals surface area contributed by atoms with E-state index in [1.54, 1.807) is 12.2 Å². The predicted molar refractivity (Wildman–Crippen MR) is 89.4 cm³/mol. The van der Waals surface area contributed by atoms with Crippen LogP contribution < -0.4 is 5.73 Å². The van der Waals surface area contributed by atoms with Gasteiger partial charge in [-0.15, -0.1) is 0 Å². The molecule has 26 heavy (non-hydrogen) atoms. The minimum absolute atomic E-state index is 0.162. The third-order valence-electron chi connectivity index (χ3n) is 3.86. The van der Waals surface area contributed by atoms with Crippen LogP contribution in [0, 0.1) is 23.3 Å². The zero-order valence-electron chi connectivity index (χ0n) is 13.7. The number of rotatable bonds is 7. The number of nitrogens with two attached hydrogens (primary N) is 1. The molecule has 0 saturated heterocycles. The molecule has 3 N–H and O–H groups in total. The Kier molecular flexibility index (Phi) is 6.52. The summed E-state index contributed by atoms with van der Waals surface area (Å²) in [5, 5.41) is 8.69. The third-order valence-corrected chi connectivity index (χ3v) is 3.86. The molecule has 2 aromatic carbocycles. The Balaban J connectivity index is 2.19. The summed E-state index contributed by atoms with van der Waals surface area (Å²) in [6.45, 7) is 0. The van der Waals surface area contributed by atoms with Gasteiger partial charge >= 0.3 is 5.97 Å². The zero-order valence-corrected chi connectivity index (χ0v) is 13.7. The Hall–Kier alpha value is -2.67. The topological polar surface area (TPSA) is 63.3 Å². The number of allylic oxidation sites excluding steroid dienone is 1. The number of carboxylic acids is 1. The molecular weight excluding hydrogens is 350 g/mol. The van der Waals surface area contributed by atoms with Crippen LogP contribution in [0.25, 0.3) is 6.08 Å². The molecule has 138 valence electrons. The van der Waals surface area contributed by atoms with Gasteiger partial charge in [0.25, 0.3) is 0 Å². The van der Waals surface area contributed by atoms with Crippen LogP contribution in [0.1, 0.15) is 23.1 Å². The molecule has 0 aliphatic heterocycles. The summed E-state index contributed by atoms with van der Waals surface area (Å²) in [5.74, 6) is -7.79. The second-order valence-corrected chi connectivity index (χ2v) is 5.71. The zero-order chi connectivity index (χ0) is 19.3. The number of benzene rings is 2. The van der Waals surface area contributed by atoms with E-state index >= 15 is 0 Å². The number of hydrogen-bond donors (Lipinski definition) is 2. The van der Waals surface area contributed by atoms with E-state index < -0.39 is 52.8 Å². The molecule has 0 aliphatic carbocycles. The maximum atomic E-state index is 14.1. The maximum Gasteiger partial charge on any atom is 0.320 e.